The van der Waals surface area contributed by atoms with Crippen LogP contribution in [0.2, 0.25) is 0 Å². The van der Waals surface area contributed by atoms with Gasteiger partial charge in [-0.05, 0) is 76.8 Å². The van der Waals surface area contributed by atoms with Gasteiger partial charge in [0.1, 0.15) is 29.8 Å². The van der Waals surface area contributed by atoms with Crippen molar-refractivity contribution in [2.45, 2.75) is 129 Å². The maximum atomic E-state index is 13.9. The van der Waals surface area contributed by atoms with Crippen molar-refractivity contribution in [1.29, 1.82) is 0 Å². The second-order valence-corrected chi connectivity index (χ2v) is 14.2. The van der Waals surface area contributed by atoms with Crippen molar-refractivity contribution >= 4 is 29.6 Å². The van der Waals surface area contributed by atoms with Crippen molar-refractivity contribution in [2.75, 3.05) is 13.1 Å². The van der Waals surface area contributed by atoms with Gasteiger partial charge in [0.05, 0.1) is 6.04 Å². The van der Waals surface area contributed by atoms with E-state index in [4.69, 9.17) is 4.74 Å². The van der Waals surface area contributed by atoms with Gasteiger partial charge in [-0.2, -0.15) is 0 Å². The first-order valence-corrected chi connectivity index (χ1v) is 16.9. The summed E-state index contributed by atoms with van der Waals surface area (Å²) in [5.41, 5.74) is 0.187. The Morgan fingerprint density at radius 2 is 1.63 bits per heavy atom. The van der Waals surface area contributed by atoms with Crippen molar-refractivity contribution in [3.63, 3.8) is 0 Å². The van der Waals surface area contributed by atoms with Crippen LogP contribution >= 0.6 is 0 Å². The highest BCUT2D eigenvalue weighted by atomic mass is 16.6. The number of nitrogens with one attached hydrogen (secondary N) is 4. The minimum Gasteiger partial charge on any atom is -0.458 e. The summed E-state index contributed by atoms with van der Waals surface area (Å²) in [7, 11) is 0. The van der Waals surface area contributed by atoms with Gasteiger partial charge >= 0.3 is 5.97 Å². The summed E-state index contributed by atoms with van der Waals surface area (Å²) in [6.45, 7) is 14.2. The molecule has 2 fully saturated rings. The van der Waals surface area contributed by atoms with Gasteiger partial charge in [0.2, 0.25) is 23.6 Å². The van der Waals surface area contributed by atoms with E-state index >= 15 is 0 Å². The normalized spacial score (nSPS) is 20.8. The van der Waals surface area contributed by atoms with Crippen molar-refractivity contribution in [2.24, 2.45) is 11.8 Å². The molecule has 11 heteroatoms. The standard InChI is InChI=1S/C35H55N5O6/c1-8-23(4)29(39-31(42)26(21-24-14-10-9-11-15-24)37-30(41)25-16-12-18-36-25)32(43)38-27(20-22(2)3)33(44)40-19-13-17-28(40)34(45)46-35(5,6)7/h9-11,14-15,22-23,25-29,36H,8,12-13,16-21H2,1-7H3,(H,37,41)(H,38,43)(H,39,42)/t23-,25-,26-,27-,28-,29-/m0/s1. The Morgan fingerprint density at radius 3 is 2.22 bits per heavy atom. The van der Waals surface area contributed by atoms with Gasteiger partial charge in [-0.1, -0.05) is 64.4 Å². The van der Waals surface area contributed by atoms with E-state index in [1.165, 1.54) is 4.90 Å². The quantitative estimate of drug-likeness (QED) is 0.229. The molecule has 0 aliphatic carbocycles. The van der Waals surface area contributed by atoms with Crippen molar-refractivity contribution in [3.8, 4) is 0 Å². The highest BCUT2D eigenvalue weighted by Crippen LogP contribution is 2.23. The molecule has 256 valence electrons. The van der Waals surface area contributed by atoms with Crippen LogP contribution in [0.1, 0.15) is 92.6 Å². The van der Waals surface area contributed by atoms with Crippen LogP contribution in [0.3, 0.4) is 0 Å². The molecule has 1 aromatic rings. The van der Waals surface area contributed by atoms with E-state index in [1.807, 2.05) is 58.0 Å². The van der Waals surface area contributed by atoms with E-state index in [0.717, 1.165) is 18.5 Å². The second kappa shape index (κ2) is 16.9. The summed E-state index contributed by atoms with van der Waals surface area (Å²) in [6, 6.07) is 5.62. The molecule has 0 unspecified atom stereocenters. The fraction of sp³-hybridized carbons (Fsp3) is 0.686. The summed E-state index contributed by atoms with van der Waals surface area (Å²) in [5.74, 6) is -2.15. The van der Waals surface area contributed by atoms with Crippen LogP contribution in [-0.2, 0) is 35.1 Å². The van der Waals surface area contributed by atoms with Gasteiger partial charge in [0.15, 0.2) is 0 Å². The zero-order valence-electron chi connectivity index (χ0n) is 28.7. The molecule has 1 aromatic carbocycles. The van der Waals surface area contributed by atoms with Crippen molar-refractivity contribution in [3.05, 3.63) is 35.9 Å². The molecule has 0 radical (unpaired) electrons. The van der Waals surface area contributed by atoms with Gasteiger partial charge in [-0.15, -0.1) is 0 Å². The van der Waals surface area contributed by atoms with Crippen LogP contribution in [0, 0.1) is 11.8 Å². The Balaban J connectivity index is 1.79. The number of carbonyl (C=O) groups excluding carboxylic acids is 5. The monoisotopic (exact) mass is 641 g/mol. The number of ether oxygens (including phenoxy) is 1. The van der Waals surface area contributed by atoms with E-state index in [9.17, 15) is 24.0 Å². The molecule has 46 heavy (non-hydrogen) atoms. The predicted molar refractivity (Wildman–Crippen MR) is 176 cm³/mol. The van der Waals surface area contributed by atoms with E-state index in [1.54, 1.807) is 20.8 Å². The molecule has 4 amide bonds. The lowest BCUT2D eigenvalue weighted by Crippen LogP contribution is -2.60. The van der Waals surface area contributed by atoms with E-state index in [0.29, 0.717) is 38.6 Å². The number of hydrogen-bond donors (Lipinski definition) is 4. The number of amides is 4. The maximum Gasteiger partial charge on any atom is 0.329 e. The molecule has 2 saturated heterocycles. The fourth-order valence-corrected chi connectivity index (χ4v) is 6.00. The first-order chi connectivity index (χ1) is 21.7. The van der Waals surface area contributed by atoms with Gasteiger partial charge < -0.3 is 30.9 Å². The number of likely N-dealkylation sites (tertiary alicyclic amines) is 1. The highest BCUT2D eigenvalue weighted by Gasteiger charge is 2.41. The third-order valence-electron chi connectivity index (χ3n) is 8.62. The molecule has 3 rings (SSSR count). The molecule has 11 nitrogen and oxygen atoms in total. The molecule has 6 atom stereocenters. The number of esters is 1. The lowest BCUT2D eigenvalue weighted by atomic mass is 9.95. The number of hydrogen-bond acceptors (Lipinski definition) is 7. The Morgan fingerprint density at radius 1 is 0.935 bits per heavy atom. The molecule has 2 aliphatic rings. The van der Waals surface area contributed by atoms with Crippen LogP contribution in [-0.4, -0.2) is 83.4 Å². The molecule has 0 spiro atoms. The lowest BCUT2D eigenvalue weighted by molar-refractivity contribution is -0.163. The minimum atomic E-state index is -0.944. The van der Waals surface area contributed by atoms with E-state index in [2.05, 4.69) is 21.3 Å². The second-order valence-electron chi connectivity index (χ2n) is 14.2. The van der Waals surface area contributed by atoms with E-state index in [-0.39, 0.29) is 36.1 Å². The molecular weight excluding hydrogens is 586 g/mol. The SMILES string of the molecule is CC[C@H](C)[C@H](NC(=O)[C@H](Cc1ccccc1)NC(=O)[C@@H]1CCCN1)C(=O)N[C@@H](CC(C)C)C(=O)N1CCC[C@H]1C(=O)OC(C)(C)C. The van der Waals surface area contributed by atoms with Crippen molar-refractivity contribution in [1.82, 2.24) is 26.2 Å². The minimum absolute atomic E-state index is 0.0723. The van der Waals surface area contributed by atoms with Crippen LogP contribution in [0.15, 0.2) is 30.3 Å². The average molecular weight is 642 g/mol. The Kier molecular flexibility index (Phi) is 13.6. The number of benzene rings is 1. The number of rotatable bonds is 14. The zero-order chi connectivity index (χ0) is 34.0. The lowest BCUT2D eigenvalue weighted by Gasteiger charge is -2.32. The average Bonchev–Trinajstić information content (AvgIpc) is 3.71. The number of carbonyl (C=O) groups is 5. The summed E-state index contributed by atoms with van der Waals surface area (Å²) in [6.07, 6.45) is 3.96. The largest absolute Gasteiger partial charge is 0.458 e. The topological polar surface area (TPSA) is 146 Å². The molecule has 2 heterocycles. The third-order valence-corrected chi connectivity index (χ3v) is 8.62. The Bertz CT molecular complexity index is 1190. The molecule has 0 aromatic heterocycles. The molecule has 0 saturated carbocycles. The van der Waals surface area contributed by atoms with Crippen LogP contribution < -0.4 is 21.3 Å². The maximum absolute atomic E-state index is 13.9. The first kappa shape index (κ1) is 37.0. The van der Waals surface area contributed by atoms with Gasteiger partial charge in [0.25, 0.3) is 0 Å². The molecule has 0 bridgehead atoms. The zero-order valence-corrected chi connectivity index (χ0v) is 28.7. The number of nitrogens with zero attached hydrogens (tertiary/aromatic N) is 1. The smallest absolute Gasteiger partial charge is 0.329 e. The summed E-state index contributed by atoms with van der Waals surface area (Å²) in [4.78, 5) is 69.2. The van der Waals surface area contributed by atoms with Crippen LogP contribution in [0.4, 0.5) is 0 Å². The van der Waals surface area contributed by atoms with Crippen LogP contribution in [0.5, 0.6) is 0 Å². The molecule has 4 N–H and O–H groups in total. The molecule has 2 aliphatic heterocycles. The third kappa shape index (κ3) is 10.8. The molecular formula is C35H55N5O6. The van der Waals surface area contributed by atoms with Crippen molar-refractivity contribution < 1.29 is 28.7 Å². The van der Waals surface area contributed by atoms with Crippen LogP contribution in [0.25, 0.3) is 0 Å². The van der Waals surface area contributed by atoms with E-state index < -0.39 is 47.6 Å². The summed E-state index contributed by atoms with van der Waals surface area (Å²) < 4.78 is 5.60. The summed E-state index contributed by atoms with van der Waals surface area (Å²) in [5, 5.41) is 11.9. The fourth-order valence-electron chi connectivity index (χ4n) is 6.00. The van der Waals surface area contributed by atoms with Gasteiger partial charge in [0, 0.05) is 13.0 Å². The first-order valence-electron chi connectivity index (χ1n) is 16.9. The predicted octanol–water partition coefficient (Wildman–Crippen LogP) is 2.86. The Labute approximate surface area is 274 Å². The Hall–Kier alpha value is -3.47. The highest BCUT2D eigenvalue weighted by molar-refractivity contribution is 5.96. The van der Waals surface area contributed by atoms with Gasteiger partial charge in [-0.25, -0.2) is 4.79 Å². The summed E-state index contributed by atoms with van der Waals surface area (Å²) >= 11 is 0. The van der Waals surface area contributed by atoms with Gasteiger partial charge in [-0.3, -0.25) is 19.2 Å².